The molecule has 0 spiro atoms. The molecule has 0 aromatic carbocycles. The van der Waals surface area contributed by atoms with Gasteiger partial charge in [-0.15, -0.1) is 0 Å². The van der Waals surface area contributed by atoms with Crippen LogP contribution in [0, 0.1) is 39.9 Å². The number of esters is 2. The topological polar surface area (TPSA) is 93.8 Å². The molecule has 0 radical (unpaired) electrons. The number of carbonyl (C=O) groups is 3. The number of ketones is 1. The molecular weight excluding hydrogens is 714 g/mol. The normalized spacial score (nSPS) is 38.8. The molecule has 7 nitrogen and oxygen atoms in total. The maximum atomic E-state index is 13.7. The lowest BCUT2D eigenvalue weighted by molar-refractivity contribution is -0.757. The summed E-state index contributed by atoms with van der Waals surface area (Å²) in [4.78, 5) is 39.0. The first-order valence-electron chi connectivity index (χ1n) is 16.8. The van der Waals surface area contributed by atoms with Gasteiger partial charge in [0.1, 0.15) is 11.9 Å². The first-order chi connectivity index (χ1) is 21.0. The Kier molecular flexibility index (Phi) is 10.8. The van der Waals surface area contributed by atoms with E-state index in [1.165, 1.54) is 14.0 Å². The first kappa shape index (κ1) is 37.2. The molecule has 4 aliphatic carbocycles. The number of Topliss-reactive ketones (excluding diaryl/α,β-unsaturated/α-hetero) is 1. The average molecular weight is 768 g/mol. The van der Waals surface area contributed by atoms with Crippen molar-refractivity contribution in [2.45, 2.75) is 122 Å². The molecule has 1 aromatic rings. The molecular formula is C37H53Br2NO6. The number of methoxy groups -OCH3 is 1. The number of rotatable bonds is 7. The Labute approximate surface area is 294 Å². The van der Waals surface area contributed by atoms with Crippen molar-refractivity contribution in [3.05, 3.63) is 41.7 Å². The zero-order chi connectivity index (χ0) is 33.1. The van der Waals surface area contributed by atoms with Crippen LogP contribution < -0.4 is 21.5 Å². The third kappa shape index (κ3) is 5.86. The fraction of sp³-hybridized carbons (Fsp3) is 0.730. The van der Waals surface area contributed by atoms with Gasteiger partial charge in [0, 0.05) is 50.8 Å². The number of nitrogens with zero attached hydrogens (tertiary/aromatic N) is 1. The summed E-state index contributed by atoms with van der Waals surface area (Å²) >= 11 is 3.95. The van der Waals surface area contributed by atoms with Crippen LogP contribution in [0.15, 0.2) is 41.7 Å². The number of hydrogen-bond acceptors (Lipinski definition) is 6. The number of aliphatic hydroxyl groups is 1. The van der Waals surface area contributed by atoms with Crippen LogP contribution in [-0.2, 0) is 29.4 Å². The standard InChI is InChI=1S/C37H53BrNO6.BrH/c1-22-25-14-17-36(6)32(35(25,5)16-15-27(22)41)28(42)20-26-31(29(45-23(2)40)21-37(26,36)7)24(33(43)44-8)12-13-30(38)34(3,4)39-18-10-9-11-19-39;/h9-11,18-19,22,25-26,28-30,32,42H,12-17,20-21H2,1-8H3;1H/q+1;/p-1/b31-24-;/t22-,25-,26-,28+,29-,30?,32-,35-,36-,37-;/m0./s1. The molecule has 4 aliphatic rings. The molecule has 1 N–H and O–H groups in total. The summed E-state index contributed by atoms with van der Waals surface area (Å²) in [5.41, 5.74) is 0.375. The first-order valence-corrected chi connectivity index (χ1v) is 17.7. The van der Waals surface area contributed by atoms with Gasteiger partial charge in [0.15, 0.2) is 17.9 Å². The lowest BCUT2D eigenvalue weighted by atomic mass is 9.36. The molecule has 5 rings (SSSR count). The Bertz CT molecular complexity index is 1360. The number of carbonyl (C=O) groups excluding carboxylic acids is 3. The number of halogens is 2. The van der Waals surface area contributed by atoms with Crippen molar-refractivity contribution in [1.82, 2.24) is 0 Å². The molecule has 0 bridgehead atoms. The van der Waals surface area contributed by atoms with Crippen LogP contribution in [0.4, 0.5) is 0 Å². The Balaban J connectivity index is 0.00000480. The highest BCUT2D eigenvalue weighted by molar-refractivity contribution is 9.09. The van der Waals surface area contributed by atoms with Gasteiger partial charge in [0.25, 0.3) is 0 Å². The van der Waals surface area contributed by atoms with Crippen molar-refractivity contribution in [2.24, 2.45) is 39.9 Å². The van der Waals surface area contributed by atoms with Gasteiger partial charge < -0.3 is 31.6 Å². The van der Waals surface area contributed by atoms with Crippen molar-refractivity contribution in [1.29, 1.82) is 0 Å². The molecule has 1 aromatic heterocycles. The highest BCUT2D eigenvalue weighted by Gasteiger charge is 2.71. The quantitative estimate of drug-likeness (QED) is 0.198. The van der Waals surface area contributed by atoms with E-state index in [0.717, 1.165) is 24.8 Å². The van der Waals surface area contributed by atoms with E-state index in [-0.39, 0.29) is 73.2 Å². The van der Waals surface area contributed by atoms with E-state index in [1.54, 1.807) is 0 Å². The van der Waals surface area contributed by atoms with Crippen LogP contribution in [0.1, 0.15) is 99.8 Å². The number of pyridine rings is 1. The number of hydrogen-bond donors (Lipinski definition) is 1. The van der Waals surface area contributed by atoms with Gasteiger partial charge in [-0.25, -0.2) is 4.79 Å². The molecule has 10 atom stereocenters. The summed E-state index contributed by atoms with van der Waals surface area (Å²) in [6, 6.07) is 6.01. The molecule has 4 fully saturated rings. The van der Waals surface area contributed by atoms with E-state index in [1.807, 2.05) is 30.6 Å². The van der Waals surface area contributed by atoms with Crippen molar-refractivity contribution < 1.29 is 50.5 Å². The van der Waals surface area contributed by atoms with Gasteiger partial charge in [0.2, 0.25) is 0 Å². The number of aromatic nitrogens is 1. The number of fused-ring (bicyclic) bond motifs is 5. The third-order valence-corrected chi connectivity index (χ3v) is 15.0. The molecule has 0 saturated heterocycles. The summed E-state index contributed by atoms with van der Waals surface area (Å²) in [6.07, 6.45) is 8.34. The van der Waals surface area contributed by atoms with E-state index in [4.69, 9.17) is 9.47 Å². The van der Waals surface area contributed by atoms with E-state index in [9.17, 15) is 19.5 Å². The van der Waals surface area contributed by atoms with E-state index in [0.29, 0.717) is 43.5 Å². The van der Waals surface area contributed by atoms with Gasteiger partial charge in [-0.2, -0.15) is 4.57 Å². The highest BCUT2D eigenvalue weighted by Crippen LogP contribution is 2.74. The summed E-state index contributed by atoms with van der Waals surface area (Å²) < 4.78 is 13.7. The molecule has 46 heavy (non-hydrogen) atoms. The average Bonchev–Trinajstić information content (AvgIpc) is 3.26. The van der Waals surface area contributed by atoms with Crippen molar-refractivity contribution in [3.63, 3.8) is 0 Å². The van der Waals surface area contributed by atoms with Crippen molar-refractivity contribution >= 4 is 33.7 Å². The maximum absolute atomic E-state index is 13.7. The Morgan fingerprint density at radius 2 is 1.78 bits per heavy atom. The fourth-order valence-electron chi connectivity index (χ4n) is 10.8. The summed E-state index contributed by atoms with van der Waals surface area (Å²) in [5, 5.41) is 12.2. The minimum atomic E-state index is -0.594. The molecule has 0 aliphatic heterocycles. The minimum absolute atomic E-state index is 0. The number of alkyl halides is 1. The summed E-state index contributed by atoms with van der Waals surface area (Å²) in [7, 11) is 1.41. The van der Waals surface area contributed by atoms with Gasteiger partial charge in [-0.05, 0) is 84.5 Å². The Morgan fingerprint density at radius 3 is 2.39 bits per heavy atom. The van der Waals surface area contributed by atoms with Crippen LogP contribution in [-0.4, -0.2) is 47.0 Å². The summed E-state index contributed by atoms with van der Waals surface area (Å²) in [6.45, 7) is 14.8. The largest absolute Gasteiger partial charge is 1.00 e. The molecule has 256 valence electrons. The van der Waals surface area contributed by atoms with Gasteiger partial charge in [-0.1, -0.05) is 49.7 Å². The predicted octanol–water partition coefficient (Wildman–Crippen LogP) is 3.49. The monoisotopic (exact) mass is 765 g/mol. The second-order valence-electron chi connectivity index (χ2n) is 15.7. The second kappa shape index (κ2) is 13.4. The predicted molar refractivity (Wildman–Crippen MR) is 175 cm³/mol. The highest BCUT2D eigenvalue weighted by atomic mass is 79.9. The lowest BCUT2D eigenvalue weighted by Gasteiger charge is -2.68. The van der Waals surface area contributed by atoms with E-state index < -0.39 is 18.2 Å². The van der Waals surface area contributed by atoms with Crippen LogP contribution >= 0.6 is 15.9 Å². The van der Waals surface area contributed by atoms with Crippen molar-refractivity contribution in [2.75, 3.05) is 7.11 Å². The lowest BCUT2D eigenvalue weighted by Crippen LogP contribution is -3.00. The van der Waals surface area contributed by atoms with Gasteiger partial charge >= 0.3 is 11.9 Å². The zero-order valence-corrected chi connectivity index (χ0v) is 31.9. The van der Waals surface area contributed by atoms with Crippen LogP contribution in [0.3, 0.4) is 0 Å². The smallest absolute Gasteiger partial charge is 0.333 e. The number of ether oxygens (including phenoxy) is 2. The Hall–Kier alpha value is -1.58. The second-order valence-corrected chi connectivity index (χ2v) is 16.8. The fourth-order valence-corrected chi connectivity index (χ4v) is 11.2. The van der Waals surface area contributed by atoms with E-state index in [2.05, 4.69) is 62.0 Å². The van der Waals surface area contributed by atoms with Gasteiger partial charge in [-0.3, -0.25) is 9.59 Å². The van der Waals surface area contributed by atoms with Crippen LogP contribution in [0.5, 0.6) is 0 Å². The third-order valence-electron chi connectivity index (χ3n) is 13.4. The van der Waals surface area contributed by atoms with Gasteiger partial charge in [0.05, 0.1) is 18.0 Å². The Morgan fingerprint density at radius 1 is 1.13 bits per heavy atom. The van der Waals surface area contributed by atoms with Crippen LogP contribution in [0.2, 0.25) is 0 Å². The zero-order valence-electron chi connectivity index (χ0n) is 28.8. The SMILES string of the molecule is COC(=O)/C(CCC(Br)C(C)(C)[n+]1ccccc1)=C1\[C@@H](OC(C)=O)C[C@@]2(C)[C@H]1C[C@@H](O)[C@H]1[C@@]3(C)CCC(=O)[C@@H](C)[C@@H]3CC[C@@]12C.[Br-]. The molecule has 1 unspecified atom stereocenters. The number of aliphatic hydroxyl groups excluding tert-OH is 1. The molecule has 4 saturated carbocycles. The van der Waals surface area contributed by atoms with Crippen molar-refractivity contribution in [3.8, 4) is 0 Å². The molecule has 1 heterocycles. The summed E-state index contributed by atoms with van der Waals surface area (Å²) in [5.74, 6) is -0.303. The minimum Gasteiger partial charge on any atom is -1.00 e. The molecule has 0 amide bonds. The van der Waals surface area contributed by atoms with Crippen LogP contribution in [0.25, 0.3) is 0 Å². The maximum Gasteiger partial charge on any atom is 0.333 e. The molecule has 9 heteroatoms. The van der Waals surface area contributed by atoms with E-state index >= 15 is 0 Å².